The number of hydrogen-bond donors (Lipinski definition) is 4. The first-order valence-electron chi connectivity index (χ1n) is 23.1. The second kappa shape index (κ2) is 22.2. The lowest BCUT2D eigenvalue weighted by Gasteiger charge is -2.50. The van der Waals surface area contributed by atoms with Gasteiger partial charge in [0.25, 0.3) is 11.7 Å². The van der Waals surface area contributed by atoms with E-state index in [4.69, 9.17) is 18.9 Å². The molecular weight excluding hydrogens is 811 g/mol. The fourth-order valence-electron chi connectivity index (χ4n) is 10.7. The number of esters is 1. The molecule has 4 N–H and O–H groups in total. The highest BCUT2D eigenvalue weighted by atomic mass is 16.6. The predicted octanol–water partition coefficient (Wildman–Crippen LogP) is 4.75. The van der Waals surface area contributed by atoms with Crippen LogP contribution in [-0.4, -0.2) is 130 Å². The van der Waals surface area contributed by atoms with Crippen LogP contribution in [-0.2, 0) is 42.9 Å². The zero-order valence-corrected chi connectivity index (χ0v) is 38.5. The average Bonchev–Trinajstić information content (AvgIpc) is 3.25. The molecular formula is C49H73NO13. The number of fused-ring (bicyclic) bond motifs is 3. The molecule has 4 aliphatic heterocycles. The zero-order valence-electron chi connectivity index (χ0n) is 38.5. The van der Waals surface area contributed by atoms with Crippen molar-refractivity contribution in [2.24, 2.45) is 41.4 Å². The van der Waals surface area contributed by atoms with Gasteiger partial charge in [-0.2, -0.15) is 0 Å². The maximum absolute atomic E-state index is 14.4. The number of nitrogens with zero attached hydrogens (tertiary/aromatic N) is 1. The Kier molecular flexibility index (Phi) is 17.8. The Morgan fingerprint density at radius 1 is 0.841 bits per heavy atom. The number of ether oxygens (including phenoxy) is 4. The van der Waals surface area contributed by atoms with Gasteiger partial charge in [0.05, 0.1) is 24.4 Å². The molecule has 0 aromatic carbocycles. The van der Waals surface area contributed by atoms with Crippen molar-refractivity contribution in [1.82, 2.24) is 4.90 Å². The Morgan fingerprint density at radius 3 is 2.25 bits per heavy atom. The molecule has 4 heterocycles. The van der Waals surface area contributed by atoms with Crippen molar-refractivity contribution in [3.05, 3.63) is 47.6 Å². The lowest BCUT2D eigenvalue weighted by Crippen LogP contribution is -2.65. The monoisotopic (exact) mass is 884 g/mol. The summed E-state index contributed by atoms with van der Waals surface area (Å²) in [6, 6.07) is -1.16. The van der Waals surface area contributed by atoms with Gasteiger partial charge in [0.1, 0.15) is 30.1 Å². The summed E-state index contributed by atoms with van der Waals surface area (Å²) in [4.78, 5) is 71.7. The van der Waals surface area contributed by atoms with Crippen LogP contribution in [0.15, 0.2) is 47.6 Å². The second-order valence-electron chi connectivity index (χ2n) is 19.3. The molecule has 1 unspecified atom stereocenters. The summed E-state index contributed by atoms with van der Waals surface area (Å²) in [6.45, 7) is 10.8. The molecule has 1 aliphatic carbocycles. The zero-order chi connectivity index (χ0) is 46.3. The average molecular weight is 884 g/mol. The number of ketones is 3. The molecule has 1 saturated carbocycles. The number of piperidine rings is 1. The van der Waals surface area contributed by atoms with Crippen molar-refractivity contribution in [2.75, 3.05) is 20.8 Å². The van der Waals surface area contributed by atoms with Gasteiger partial charge in [-0.15, -0.1) is 0 Å². The number of aliphatic hydroxyl groups is 4. The second-order valence-corrected chi connectivity index (χ2v) is 19.3. The van der Waals surface area contributed by atoms with E-state index in [9.17, 15) is 44.4 Å². The maximum atomic E-state index is 14.4. The van der Waals surface area contributed by atoms with Crippen LogP contribution >= 0.6 is 0 Å². The third-order valence-corrected chi connectivity index (χ3v) is 14.6. The van der Waals surface area contributed by atoms with Gasteiger partial charge in [0.15, 0.2) is 5.78 Å². The van der Waals surface area contributed by atoms with Crippen molar-refractivity contribution in [3.8, 4) is 0 Å². The van der Waals surface area contributed by atoms with Crippen molar-refractivity contribution in [3.63, 3.8) is 0 Å². The number of methoxy groups -OCH3 is 2. The minimum Gasteiger partial charge on any atom is -0.460 e. The van der Waals surface area contributed by atoms with Crippen LogP contribution in [0.2, 0.25) is 0 Å². The SMILES string of the molecule is CO[C@H]1C[C@@H]2CC[C@@H](C)[C@@](O)(O2)C(=O)C(=O)N2CCCC3[C@H]2C(=O)O[C@@H](CC(=O)[C@H](C)/C=C(\C)[C@@H](O)[C@@H](OC)C(=O)[C@H](C)C[C@H](C)/C=C/C=C/C=C1C)[C@H]3C[C@@H]1CC[C@@H](O)[C@H](O)C1. The number of Topliss-reactive ketones (excluding diaryl/α,β-unsaturated/α-hetero) is 3. The van der Waals surface area contributed by atoms with E-state index >= 15 is 0 Å². The lowest BCUT2D eigenvalue weighted by molar-refractivity contribution is -0.266. The smallest absolute Gasteiger partial charge is 0.329 e. The number of carbonyl (C=O) groups is 5. The minimum absolute atomic E-state index is 0.0173. The van der Waals surface area contributed by atoms with Gasteiger partial charge in [0.2, 0.25) is 5.79 Å². The lowest BCUT2D eigenvalue weighted by atomic mass is 9.68. The highest BCUT2D eigenvalue weighted by Gasteiger charge is 2.57. The summed E-state index contributed by atoms with van der Waals surface area (Å²) < 4.78 is 23.7. The molecule has 0 aromatic rings. The fraction of sp³-hybridized carbons (Fsp3) is 0.735. The van der Waals surface area contributed by atoms with Gasteiger partial charge in [-0.1, -0.05) is 64.2 Å². The Hall–Kier alpha value is -3.37. The highest BCUT2D eigenvalue weighted by molar-refractivity contribution is 6.39. The quantitative estimate of drug-likeness (QED) is 0.171. The fourth-order valence-corrected chi connectivity index (χ4v) is 10.7. The molecule has 1 amide bonds. The summed E-state index contributed by atoms with van der Waals surface area (Å²) in [5.41, 5.74) is 1.25. The van der Waals surface area contributed by atoms with Crippen LogP contribution in [0.1, 0.15) is 112 Å². The largest absolute Gasteiger partial charge is 0.460 e. The number of aliphatic hydroxyl groups excluding tert-OH is 3. The normalized spacial score (nSPS) is 42.8. The van der Waals surface area contributed by atoms with Gasteiger partial charge in [-0.25, -0.2) is 4.79 Å². The number of carbonyl (C=O) groups excluding carboxylic acids is 5. The standard InChI is InChI=1S/C49H73NO13/c1-27-13-10-9-11-14-28(2)40(60-7)25-34-18-16-32(6)49(59,63-34)46(56)47(57)50-20-12-15-35-36(23-33-17-19-37(51)39(53)24-33)41(62-48(58)42(35)50)26-38(52)29(3)22-31(5)44(55)45(61-8)43(54)30(4)21-27/h9-11,13-14,22,27,29-30,32-37,39-42,44-45,51,53,55,59H,12,15-21,23-26H2,1-8H3/b11-9+,13-10+,28-14?,31-22+/t27-,29-,30-,32-,33+,34+,35?,36+,37-,39-,40+,41+,42+,44-,45+,49-/m1/s1. The topological polar surface area (TPSA) is 206 Å². The number of allylic oxidation sites excluding steroid dienone is 6. The van der Waals surface area contributed by atoms with Crippen LogP contribution in [0, 0.1) is 41.4 Å². The van der Waals surface area contributed by atoms with Crippen LogP contribution < -0.4 is 0 Å². The van der Waals surface area contributed by atoms with E-state index in [0.717, 1.165) is 5.57 Å². The number of rotatable bonds is 4. The van der Waals surface area contributed by atoms with Crippen LogP contribution in [0.3, 0.4) is 0 Å². The van der Waals surface area contributed by atoms with Crippen LogP contribution in [0.4, 0.5) is 0 Å². The molecule has 63 heavy (non-hydrogen) atoms. The highest BCUT2D eigenvalue weighted by Crippen LogP contribution is 2.45. The molecule has 14 heteroatoms. The maximum Gasteiger partial charge on any atom is 0.329 e. The summed E-state index contributed by atoms with van der Waals surface area (Å²) in [5, 5.41) is 44.3. The van der Waals surface area contributed by atoms with Crippen LogP contribution in [0.25, 0.3) is 0 Å². The van der Waals surface area contributed by atoms with Gasteiger partial charge < -0.3 is 44.3 Å². The predicted molar refractivity (Wildman–Crippen MR) is 234 cm³/mol. The van der Waals surface area contributed by atoms with E-state index < -0.39 is 102 Å². The summed E-state index contributed by atoms with van der Waals surface area (Å²) in [6.07, 6.45) is 9.20. The Morgan fingerprint density at radius 2 is 1.57 bits per heavy atom. The minimum atomic E-state index is -2.45. The summed E-state index contributed by atoms with van der Waals surface area (Å²) in [5.74, 6) is -8.82. The molecule has 352 valence electrons. The molecule has 3 saturated heterocycles. The van der Waals surface area contributed by atoms with Crippen molar-refractivity contribution < 1.29 is 63.3 Å². The molecule has 16 atom stereocenters. The van der Waals surface area contributed by atoms with Gasteiger partial charge in [0, 0.05) is 57.3 Å². The Labute approximate surface area is 373 Å². The van der Waals surface area contributed by atoms with Crippen molar-refractivity contribution in [2.45, 2.75) is 167 Å². The number of amides is 1. The van der Waals surface area contributed by atoms with Crippen molar-refractivity contribution in [1.29, 1.82) is 0 Å². The first-order valence-corrected chi connectivity index (χ1v) is 23.1. The molecule has 5 rings (SSSR count). The van der Waals surface area contributed by atoms with Crippen LogP contribution in [0.5, 0.6) is 0 Å². The molecule has 14 nitrogen and oxygen atoms in total. The molecule has 0 spiro atoms. The third kappa shape index (κ3) is 11.9. The molecule has 4 fully saturated rings. The molecule has 6 bridgehead atoms. The van der Waals surface area contributed by atoms with Gasteiger partial charge in [-0.3, -0.25) is 19.2 Å². The van der Waals surface area contributed by atoms with E-state index in [1.165, 1.54) is 12.0 Å². The molecule has 0 aromatic heterocycles. The summed E-state index contributed by atoms with van der Waals surface area (Å²) in [7, 11) is 2.94. The molecule has 5 aliphatic rings. The van der Waals surface area contributed by atoms with E-state index in [2.05, 4.69) is 0 Å². The molecule has 0 radical (unpaired) electrons. The van der Waals surface area contributed by atoms with E-state index in [-0.39, 0.29) is 36.4 Å². The summed E-state index contributed by atoms with van der Waals surface area (Å²) >= 11 is 0. The van der Waals surface area contributed by atoms with Gasteiger partial charge >= 0.3 is 5.97 Å². The Balaban J connectivity index is 1.50. The van der Waals surface area contributed by atoms with Crippen molar-refractivity contribution >= 4 is 29.2 Å². The first kappa shape index (κ1) is 50.6. The third-order valence-electron chi connectivity index (χ3n) is 14.6. The van der Waals surface area contributed by atoms with Gasteiger partial charge in [-0.05, 0) is 101 Å². The Bertz CT molecular complexity index is 1770. The van der Waals surface area contributed by atoms with E-state index in [1.54, 1.807) is 34.0 Å². The first-order chi connectivity index (χ1) is 29.8. The van der Waals surface area contributed by atoms with E-state index in [1.807, 2.05) is 51.2 Å². The van der Waals surface area contributed by atoms with E-state index in [0.29, 0.717) is 69.8 Å². The number of hydrogen-bond acceptors (Lipinski definition) is 13.